The van der Waals surface area contributed by atoms with Crippen molar-refractivity contribution in [2.75, 3.05) is 19.8 Å². The first-order valence-corrected chi connectivity index (χ1v) is 13.9. The highest BCUT2D eigenvalue weighted by Crippen LogP contribution is 2.39. The Labute approximate surface area is 262 Å². The molecule has 1 aromatic rings. The average molecular weight is 657 g/mol. The van der Waals surface area contributed by atoms with Crippen molar-refractivity contribution in [3.05, 3.63) is 35.9 Å². The van der Waals surface area contributed by atoms with Crippen LogP contribution in [0.1, 0.15) is 33.3 Å². The second-order valence-corrected chi connectivity index (χ2v) is 10.3. The Hall–Kier alpha value is -4.13. The zero-order chi connectivity index (χ0) is 34.2. The van der Waals surface area contributed by atoms with Gasteiger partial charge in [-0.3, -0.25) is 19.2 Å². The van der Waals surface area contributed by atoms with Crippen LogP contribution in [0.3, 0.4) is 0 Å². The summed E-state index contributed by atoms with van der Waals surface area (Å²) in [5.74, 6) is -6.88. The number of esters is 5. The number of benzene rings is 1. The highest BCUT2D eigenvalue weighted by molar-refractivity contribution is 5.87. The SMILES string of the molecule is CC(=O)OCC1OC(CO)(OC2OC(COC(C)=O)C(OC(C)=O)C(O)C2OC(C)=O)C(OC(=O)C=Cc2ccc(O)cc2)C1O. The van der Waals surface area contributed by atoms with Crippen molar-refractivity contribution in [2.45, 2.75) is 82.5 Å². The number of rotatable bonds is 12. The van der Waals surface area contributed by atoms with Gasteiger partial charge in [0.25, 0.3) is 0 Å². The van der Waals surface area contributed by atoms with Gasteiger partial charge in [0.15, 0.2) is 18.3 Å². The third-order valence-electron chi connectivity index (χ3n) is 6.68. The quantitative estimate of drug-likeness (QED) is 0.118. The fourth-order valence-electron chi connectivity index (χ4n) is 4.69. The van der Waals surface area contributed by atoms with Gasteiger partial charge in [0.2, 0.25) is 12.1 Å². The van der Waals surface area contributed by atoms with Crippen LogP contribution in [0.4, 0.5) is 0 Å². The lowest BCUT2D eigenvalue weighted by Gasteiger charge is -2.45. The van der Waals surface area contributed by atoms with Crippen molar-refractivity contribution in [3.8, 4) is 5.75 Å². The van der Waals surface area contributed by atoms with Crippen LogP contribution < -0.4 is 0 Å². The molecule has 2 saturated heterocycles. The molecule has 0 aliphatic carbocycles. The van der Waals surface area contributed by atoms with E-state index in [1.807, 2.05) is 0 Å². The summed E-state index contributed by atoms with van der Waals surface area (Å²) >= 11 is 0. The fraction of sp³-hybridized carbons (Fsp3) is 0.552. The van der Waals surface area contributed by atoms with E-state index in [9.17, 15) is 44.4 Å². The second kappa shape index (κ2) is 15.9. The number of phenolic OH excluding ortho intramolecular Hbond substituents is 1. The summed E-state index contributed by atoms with van der Waals surface area (Å²) in [5, 5.41) is 42.3. The van der Waals surface area contributed by atoms with E-state index in [0.29, 0.717) is 5.56 Å². The number of aliphatic hydroxyl groups excluding tert-OH is 3. The minimum Gasteiger partial charge on any atom is -0.508 e. The van der Waals surface area contributed by atoms with E-state index in [2.05, 4.69) is 0 Å². The number of aromatic hydroxyl groups is 1. The van der Waals surface area contributed by atoms with Gasteiger partial charge < -0.3 is 58.3 Å². The maximum absolute atomic E-state index is 12.9. The fourth-order valence-corrected chi connectivity index (χ4v) is 4.69. The molecular weight excluding hydrogens is 620 g/mol. The molecule has 0 spiro atoms. The summed E-state index contributed by atoms with van der Waals surface area (Å²) < 4.78 is 43.2. The van der Waals surface area contributed by atoms with Crippen LogP contribution in [-0.2, 0) is 61.9 Å². The molecule has 46 heavy (non-hydrogen) atoms. The molecule has 1 aromatic carbocycles. The standard InChI is InChI=1S/C29H36O17/c1-14(31)39-11-20-23(37)27(44-22(36)10-7-18-5-8-19(35)9-6-18)29(13-30,45-20)46-28-26(42-17(4)34)24(38)25(41-16(3)33)21(43-28)12-40-15(2)32/h5-10,20-21,23-28,30,35,37-38H,11-13H2,1-4H3. The van der Waals surface area contributed by atoms with Crippen molar-refractivity contribution in [3.63, 3.8) is 0 Å². The van der Waals surface area contributed by atoms with Gasteiger partial charge in [-0.05, 0) is 23.8 Å². The zero-order valence-electron chi connectivity index (χ0n) is 25.3. The molecule has 17 nitrogen and oxygen atoms in total. The van der Waals surface area contributed by atoms with Crippen molar-refractivity contribution < 1.29 is 82.3 Å². The lowest BCUT2D eigenvalue weighted by Crippen LogP contribution is -2.64. The Morgan fingerprint density at radius 3 is 1.91 bits per heavy atom. The molecule has 9 atom stereocenters. The number of hydrogen-bond donors (Lipinski definition) is 4. The Morgan fingerprint density at radius 1 is 0.804 bits per heavy atom. The number of ether oxygens (including phenoxy) is 8. The highest BCUT2D eigenvalue weighted by atomic mass is 16.8. The van der Waals surface area contributed by atoms with Gasteiger partial charge in [-0.15, -0.1) is 0 Å². The topological polar surface area (TPSA) is 240 Å². The summed E-state index contributed by atoms with van der Waals surface area (Å²) in [4.78, 5) is 59.7. The van der Waals surface area contributed by atoms with E-state index in [4.69, 9.17) is 37.9 Å². The van der Waals surface area contributed by atoms with Crippen molar-refractivity contribution >= 4 is 35.9 Å². The van der Waals surface area contributed by atoms with Crippen LogP contribution >= 0.6 is 0 Å². The van der Waals surface area contributed by atoms with Crippen molar-refractivity contribution in [2.24, 2.45) is 0 Å². The molecule has 0 aromatic heterocycles. The molecule has 0 saturated carbocycles. The summed E-state index contributed by atoms with van der Waals surface area (Å²) in [5.41, 5.74) is 0.491. The van der Waals surface area contributed by atoms with E-state index in [1.54, 1.807) is 0 Å². The van der Waals surface area contributed by atoms with Crippen LogP contribution in [0.5, 0.6) is 5.75 Å². The first kappa shape index (κ1) is 36.3. The van der Waals surface area contributed by atoms with Crippen LogP contribution in [0.15, 0.2) is 30.3 Å². The predicted octanol–water partition coefficient (Wildman–Crippen LogP) is -1.14. The average Bonchev–Trinajstić information content (AvgIpc) is 3.23. The van der Waals surface area contributed by atoms with Crippen molar-refractivity contribution in [1.29, 1.82) is 0 Å². The lowest BCUT2D eigenvalue weighted by molar-refractivity contribution is -0.384. The largest absolute Gasteiger partial charge is 0.508 e. The second-order valence-electron chi connectivity index (χ2n) is 10.3. The Balaban J connectivity index is 1.97. The normalized spacial score (nSPS) is 30.8. The minimum atomic E-state index is -2.50. The molecule has 0 amide bonds. The minimum absolute atomic E-state index is 0.00830. The zero-order valence-corrected chi connectivity index (χ0v) is 25.3. The van der Waals surface area contributed by atoms with E-state index < -0.39 is 104 Å². The van der Waals surface area contributed by atoms with Gasteiger partial charge in [-0.1, -0.05) is 12.1 Å². The van der Waals surface area contributed by atoms with Gasteiger partial charge in [-0.25, -0.2) is 4.79 Å². The number of phenols is 1. The van der Waals surface area contributed by atoms with E-state index in [0.717, 1.165) is 33.8 Å². The first-order valence-electron chi connectivity index (χ1n) is 13.9. The number of aliphatic hydroxyl groups is 3. The summed E-state index contributed by atoms with van der Waals surface area (Å²) in [6, 6.07) is 5.75. The highest BCUT2D eigenvalue weighted by Gasteiger charge is 2.62. The van der Waals surface area contributed by atoms with Gasteiger partial charge in [-0.2, -0.15) is 0 Å². The van der Waals surface area contributed by atoms with E-state index >= 15 is 0 Å². The molecule has 2 heterocycles. The molecule has 2 fully saturated rings. The molecule has 254 valence electrons. The Morgan fingerprint density at radius 2 is 1.37 bits per heavy atom. The van der Waals surface area contributed by atoms with Gasteiger partial charge >= 0.3 is 29.8 Å². The Kier molecular flexibility index (Phi) is 12.6. The van der Waals surface area contributed by atoms with Gasteiger partial charge in [0.1, 0.15) is 50.0 Å². The molecule has 3 rings (SSSR count). The summed E-state index contributed by atoms with van der Waals surface area (Å²) in [6.45, 7) is 1.89. The molecule has 17 heteroatoms. The third-order valence-corrected chi connectivity index (χ3v) is 6.68. The monoisotopic (exact) mass is 656 g/mol. The third kappa shape index (κ3) is 9.44. The van der Waals surface area contributed by atoms with Crippen molar-refractivity contribution in [1.82, 2.24) is 0 Å². The summed E-state index contributed by atoms with van der Waals surface area (Å²) in [6.07, 6.45) is -11.3. The number of carbonyl (C=O) groups is 5. The van der Waals surface area contributed by atoms with Gasteiger partial charge in [0.05, 0.1) is 0 Å². The number of hydrogen-bond acceptors (Lipinski definition) is 17. The maximum Gasteiger partial charge on any atom is 0.331 e. The molecule has 2 aliphatic heterocycles. The Bertz CT molecular complexity index is 1280. The molecule has 2 aliphatic rings. The predicted molar refractivity (Wildman–Crippen MR) is 148 cm³/mol. The van der Waals surface area contributed by atoms with Crippen LogP contribution in [0.25, 0.3) is 6.08 Å². The van der Waals surface area contributed by atoms with E-state index in [1.165, 1.54) is 30.3 Å². The lowest BCUT2D eigenvalue weighted by atomic mass is 9.98. The maximum atomic E-state index is 12.9. The molecule has 4 N–H and O–H groups in total. The number of carbonyl (C=O) groups excluding carboxylic acids is 5. The first-order chi connectivity index (χ1) is 21.6. The van der Waals surface area contributed by atoms with Gasteiger partial charge in [0, 0.05) is 33.8 Å². The summed E-state index contributed by atoms with van der Waals surface area (Å²) in [7, 11) is 0. The molecule has 0 radical (unpaired) electrons. The molecule has 0 bridgehead atoms. The smallest absolute Gasteiger partial charge is 0.331 e. The van der Waals surface area contributed by atoms with Crippen LogP contribution in [-0.4, -0.2) is 125 Å². The van der Waals surface area contributed by atoms with Crippen LogP contribution in [0, 0.1) is 0 Å². The molecule has 9 unspecified atom stereocenters. The van der Waals surface area contributed by atoms with E-state index in [-0.39, 0.29) is 5.75 Å². The molecular formula is C29H36O17. The van der Waals surface area contributed by atoms with Crippen LogP contribution in [0.2, 0.25) is 0 Å².